The number of hydrogen-bond acceptors (Lipinski definition) is 19. The molecule has 6 N–H and O–H groups in total. The number of esters is 1. The molecule has 0 unspecified atom stereocenters. The number of hydrogen-bond donors (Lipinski definition) is 6. The molecule has 2 fully saturated rings. The summed E-state index contributed by atoms with van der Waals surface area (Å²) in [6.07, 6.45) is -3.52. The molecule has 5 rings (SSSR count). The highest BCUT2D eigenvalue weighted by Gasteiger charge is 2.52. The van der Waals surface area contributed by atoms with E-state index < -0.39 is 96.5 Å². The first-order valence-electron chi connectivity index (χ1n) is 25.6. The number of likely N-dealkylation sites (N-methyl/N-ethyl adjacent to an activating group) is 1. The van der Waals surface area contributed by atoms with Crippen molar-refractivity contribution in [3.05, 3.63) is 53.6 Å². The minimum Gasteiger partial charge on any atom is -0.459 e. The summed E-state index contributed by atoms with van der Waals surface area (Å²) >= 11 is 0. The molecule has 3 aromatic rings. The van der Waals surface area contributed by atoms with E-state index in [1.54, 1.807) is 50.2 Å². The lowest BCUT2D eigenvalue weighted by atomic mass is 9.77. The number of methoxy groups -OCH3 is 1. The summed E-state index contributed by atoms with van der Waals surface area (Å²) in [6, 6.07) is 7.35. The van der Waals surface area contributed by atoms with Crippen LogP contribution in [0.3, 0.4) is 0 Å². The average Bonchev–Trinajstić information content (AvgIpc) is 4.02. The Morgan fingerprint density at radius 2 is 1.65 bits per heavy atom. The molecule has 0 saturated carbocycles. The van der Waals surface area contributed by atoms with Crippen LogP contribution in [-0.2, 0) is 52.8 Å². The third-order valence-electron chi connectivity index (χ3n) is 14.8. The van der Waals surface area contributed by atoms with E-state index in [-0.39, 0.29) is 37.9 Å². The topological polar surface area (TPSA) is 262 Å². The van der Waals surface area contributed by atoms with E-state index in [0.29, 0.717) is 38.2 Å². The van der Waals surface area contributed by atoms with Crippen LogP contribution in [-0.4, -0.2) is 202 Å². The number of aliphatic hydroxyl groups excluding tert-OH is 4. The Morgan fingerprint density at radius 3 is 2.26 bits per heavy atom. The maximum atomic E-state index is 14.3. The quantitative estimate of drug-likeness (QED) is 0.0600. The fraction of sp³-hybridized carbons (Fsp3) is 0.784. The summed E-state index contributed by atoms with van der Waals surface area (Å²) in [7, 11) is 5.44. The lowest BCUT2D eigenvalue weighted by molar-refractivity contribution is -0.318. The van der Waals surface area contributed by atoms with Crippen molar-refractivity contribution in [1.82, 2.24) is 39.8 Å². The van der Waals surface area contributed by atoms with E-state index in [0.717, 1.165) is 23.5 Å². The first-order valence-corrected chi connectivity index (χ1v) is 25.6. The third-order valence-corrected chi connectivity index (χ3v) is 14.8. The van der Waals surface area contributed by atoms with Crippen LogP contribution in [0.25, 0.3) is 5.69 Å². The molecule has 2 saturated heterocycles. The molecule has 0 radical (unpaired) electrons. The average molecular weight is 1020 g/mol. The molecule has 1 aromatic carbocycles. The number of carbonyl (C=O) groups excluding carboxylic acids is 1. The largest absolute Gasteiger partial charge is 0.459 e. The second kappa shape index (κ2) is 25.8. The van der Waals surface area contributed by atoms with Crippen molar-refractivity contribution >= 4 is 5.97 Å². The molecule has 2 aromatic heterocycles. The Labute approximate surface area is 425 Å². The number of rotatable bonds is 27. The monoisotopic (exact) mass is 1020 g/mol. The van der Waals surface area contributed by atoms with Crippen molar-refractivity contribution in [1.29, 1.82) is 0 Å². The number of benzene rings is 1. The van der Waals surface area contributed by atoms with Crippen molar-refractivity contribution in [2.45, 2.75) is 193 Å². The molecular formula is C51H86N8O13. The van der Waals surface area contributed by atoms with Crippen LogP contribution in [0, 0.1) is 17.8 Å². The number of carbonyl (C=O) groups is 1. The van der Waals surface area contributed by atoms with Gasteiger partial charge in [-0.15, -0.1) is 10.2 Å². The molecule has 2 aliphatic rings. The number of ether oxygens (including phenoxy) is 6. The Kier molecular flexibility index (Phi) is 21.3. The van der Waals surface area contributed by atoms with Crippen LogP contribution in [0.15, 0.2) is 36.7 Å². The van der Waals surface area contributed by atoms with E-state index in [2.05, 4.69) is 37.3 Å². The first kappa shape index (κ1) is 59.3. The molecule has 21 heteroatoms. The zero-order valence-corrected chi connectivity index (χ0v) is 44.9. The van der Waals surface area contributed by atoms with Gasteiger partial charge in [0.25, 0.3) is 0 Å². The maximum Gasteiger partial charge on any atom is 0.311 e. The van der Waals surface area contributed by atoms with Crippen LogP contribution < -0.4 is 0 Å². The zero-order valence-electron chi connectivity index (χ0n) is 44.9. The van der Waals surface area contributed by atoms with E-state index in [1.807, 2.05) is 65.3 Å². The number of nitrogens with zero attached hydrogens (tertiary/aromatic N) is 8. The predicted octanol–water partition coefficient (Wildman–Crippen LogP) is 2.48. The van der Waals surface area contributed by atoms with Gasteiger partial charge in [0.15, 0.2) is 12.6 Å². The summed E-state index contributed by atoms with van der Waals surface area (Å²) in [6.45, 7) is 19.4. The zero-order chi connectivity index (χ0) is 53.3. The van der Waals surface area contributed by atoms with Gasteiger partial charge in [-0.25, -0.2) is 9.36 Å². The van der Waals surface area contributed by atoms with Crippen LogP contribution in [0.4, 0.5) is 0 Å². The number of aromatic nitrogens is 6. The van der Waals surface area contributed by atoms with Gasteiger partial charge in [-0.05, 0) is 105 Å². The van der Waals surface area contributed by atoms with Gasteiger partial charge in [-0.2, -0.15) is 0 Å². The standard InChI is InChI=1S/C51H86N8O13/c1-14-41(50(9,66)30-61)70-47(64)34(6)44(71-42-24-51(10,67-13)45(63)35(7)69-42)33(5)46(49(8,65)23-31(3)25-56(11)15-2)72-48-43(62)40(22-32(4)68-48)57(12)21-20-37-27-58(54-52-37)26-36-16-18-39(19-17-36)59-28-38(29-60)53-55-59/h16-19,27-28,31-35,40-46,48,60-63,65-66H,14-15,20-26,29-30H2,1-13H3/t31-,32-,33+,34-,35+,40+,41-,42+,43-,44+,45+,46-,48+,49-,50+,51-/m1/s1. The summed E-state index contributed by atoms with van der Waals surface area (Å²) in [5, 5.41) is 83.2. The van der Waals surface area contributed by atoms with Gasteiger partial charge in [-0.1, -0.05) is 50.3 Å². The molecule has 21 nitrogen and oxygen atoms in total. The minimum absolute atomic E-state index is 0.0250. The smallest absolute Gasteiger partial charge is 0.311 e. The van der Waals surface area contributed by atoms with Crippen LogP contribution in [0.5, 0.6) is 0 Å². The van der Waals surface area contributed by atoms with Crippen molar-refractivity contribution in [3.63, 3.8) is 0 Å². The molecule has 0 amide bonds. The van der Waals surface area contributed by atoms with Crippen molar-refractivity contribution in [2.24, 2.45) is 17.8 Å². The van der Waals surface area contributed by atoms with E-state index in [9.17, 15) is 35.4 Å². The molecule has 0 aliphatic carbocycles. The van der Waals surface area contributed by atoms with Gasteiger partial charge in [0.05, 0.1) is 78.9 Å². The van der Waals surface area contributed by atoms with Crippen molar-refractivity contribution < 1.29 is 63.9 Å². The lowest BCUT2D eigenvalue weighted by Gasteiger charge is -2.49. The first-order chi connectivity index (χ1) is 33.9. The Morgan fingerprint density at radius 1 is 0.972 bits per heavy atom. The second-order valence-corrected chi connectivity index (χ2v) is 21.3. The second-order valence-electron chi connectivity index (χ2n) is 21.3. The molecule has 2 aliphatic heterocycles. The van der Waals surface area contributed by atoms with Crippen LogP contribution >= 0.6 is 0 Å². The Hall–Kier alpha value is -3.55. The van der Waals surface area contributed by atoms with Crippen molar-refractivity contribution in [3.8, 4) is 5.69 Å². The summed E-state index contributed by atoms with van der Waals surface area (Å²) in [5.74, 6) is -2.63. The highest BCUT2D eigenvalue weighted by Crippen LogP contribution is 2.40. The lowest BCUT2D eigenvalue weighted by Crippen LogP contribution is -2.61. The molecule has 16 atom stereocenters. The van der Waals surface area contributed by atoms with Gasteiger partial charge in [-0.3, -0.25) is 4.79 Å². The highest BCUT2D eigenvalue weighted by atomic mass is 16.7. The SMILES string of the molecule is CC[C@@H](OC(=O)[C@H](C)[C@@H](O[C@H]1C[C@@](C)(OC)[C@@H](O)[C@H](C)O1)[C@H](C)[C@@H](O[C@@H]1O[C@H](C)C[C@H](N(C)CCc2cn(Cc3ccc(-n4cc(CO)nn4)cc3)nn2)[C@H]1O)[C@](C)(O)C[C@@H](C)CN(C)CC)[C@@](C)(O)CO. The molecular weight excluding hydrogens is 933 g/mol. The van der Waals surface area contributed by atoms with E-state index in [4.69, 9.17) is 28.4 Å². The fourth-order valence-electron chi connectivity index (χ4n) is 10.3. The molecule has 0 bridgehead atoms. The van der Waals surface area contributed by atoms with Crippen LogP contribution in [0.1, 0.15) is 112 Å². The minimum atomic E-state index is -1.73. The predicted molar refractivity (Wildman–Crippen MR) is 265 cm³/mol. The third kappa shape index (κ3) is 15.1. The molecule has 0 spiro atoms. The normalized spacial score (nSPS) is 28.2. The number of aliphatic hydroxyl groups is 6. The van der Waals surface area contributed by atoms with E-state index in [1.165, 1.54) is 14.0 Å². The van der Waals surface area contributed by atoms with Gasteiger partial charge >= 0.3 is 5.97 Å². The van der Waals surface area contributed by atoms with Crippen LogP contribution in [0.2, 0.25) is 0 Å². The van der Waals surface area contributed by atoms with Crippen molar-refractivity contribution in [2.75, 3.05) is 47.4 Å². The maximum absolute atomic E-state index is 14.3. The summed E-state index contributed by atoms with van der Waals surface area (Å²) < 4.78 is 41.5. The van der Waals surface area contributed by atoms with Gasteiger partial charge in [0, 0.05) is 51.2 Å². The van der Waals surface area contributed by atoms with Gasteiger partial charge in [0.2, 0.25) is 0 Å². The van der Waals surface area contributed by atoms with E-state index >= 15 is 0 Å². The van der Waals surface area contributed by atoms with Gasteiger partial charge < -0.3 is 68.9 Å². The molecule has 4 heterocycles. The summed E-state index contributed by atoms with van der Waals surface area (Å²) in [4.78, 5) is 18.5. The Bertz CT molecular complexity index is 2110. The fourth-order valence-corrected chi connectivity index (χ4v) is 10.3. The Balaban J connectivity index is 1.38. The summed E-state index contributed by atoms with van der Waals surface area (Å²) in [5.41, 5.74) is -1.32. The highest BCUT2D eigenvalue weighted by molar-refractivity contribution is 5.73. The molecule has 408 valence electrons. The van der Waals surface area contributed by atoms with Gasteiger partial charge in [0.1, 0.15) is 29.6 Å². The molecule has 72 heavy (non-hydrogen) atoms.